The van der Waals surface area contributed by atoms with Gasteiger partial charge in [-0.25, -0.2) is 0 Å². The molecule has 16 heavy (non-hydrogen) atoms. The highest BCUT2D eigenvalue weighted by molar-refractivity contribution is 4.71. The molecule has 96 valence electrons. The van der Waals surface area contributed by atoms with Crippen molar-refractivity contribution in [3.63, 3.8) is 0 Å². The molecule has 0 saturated carbocycles. The van der Waals surface area contributed by atoms with E-state index < -0.39 is 0 Å². The first-order chi connectivity index (χ1) is 7.72. The van der Waals surface area contributed by atoms with Crippen LogP contribution in [-0.4, -0.2) is 24.8 Å². The summed E-state index contributed by atoms with van der Waals surface area (Å²) in [5, 5.41) is 3.68. The van der Waals surface area contributed by atoms with Gasteiger partial charge in [-0.2, -0.15) is 0 Å². The van der Waals surface area contributed by atoms with Gasteiger partial charge in [0.1, 0.15) is 0 Å². The monoisotopic (exact) mass is 227 g/mol. The maximum Gasteiger partial charge on any atom is 0.0576 e. The van der Waals surface area contributed by atoms with Crippen molar-refractivity contribution in [1.82, 2.24) is 5.32 Å². The molecule has 1 heterocycles. The first kappa shape index (κ1) is 14.0. The Labute approximate surface area is 101 Å². The van der Waals surface area contributed by atoms with Crippen LogP contribution in [0.5, 0.6) is 0 Å². The molecule has 2 heteroatoms. The third-order valence-electron chi connectivity index (χ3n) is 3.51. The third-order valence-corrected chi connectivity index (χ3v) is 3.51. The van der Waals surface area contributed by atoms with Crippen molar-refractivity contribution in [3.05, 3.63) is 0 Å². The minimum atomic E-state index is 0.551. The quantitative estimate of drug-likeness (QED) is 0.685. The molecule has 0 aromatic rings. The summed E-state index contributed by atoms with van der Waals surface area (Å²) in [6.07, 6.45) is 9.52. The minimum absolute atomic E-state index is 0.551. The normalized spacial score (nSPS) is 24.6. The van der Waals surface area contributed by atoms with E-state index in [-0.39, 0.29) is 0 Å². The molecule has 1 fully saturated rings. The van der Waals surface area contributed by atoms with Gasteiger partial charge >= 0.3 is 0 Å². The third kappa shape index (κ3) is 5.86. The van der Waals surface area contributed by atoms with Gasteiger partial charge < -0.3 is 10.1 Å². The summed E-state index contributed by atoms with van der Waals surface area (Å²) in [4.78, 5) is 0. The second kappa shape index (κ2) is 8.08. The lowest BCUT2D eigenvalue weighted by Gasteiger charge is -2.21. The van der Waals surface area contributed by atoms with Crippen LogP contribution in [0.15, 0.2) is 0 Å². The highest BCUT2D eigenvalue weighted by atomic mass is 16.5. The Morgan fingerprint density at radius 2 is 2.00 bits per heavy atom. The fourth-order valence-corrected chi connectivity index (χ4v) is 2.47. The molecular formula is C14H29NO. The molecule has 1 aliphatic heterocycles. The first-order valence-electron chi connectivity index (χ1n) is 7.10. The van der Waals surface area contributed by atoms with Crippen LogP contribution in [0.25, 0.3) is 0 Å². The molecule has 0 aromatic heterocycles. The molecule has 1 aliphatic rings. The molecule has 0 aromatic carbocycles. The number of hydrogen-bond acceptors (Lipinski definition) is 2. The van der Waals surface area contributed by atoms with Gasteiger partial charge in [-0.15, -0.1) is 0 Å². The van der Waals surface area contributed by atoms with Gasteiger partial charge in [0.2, 0.25) is 0 Å². The zero-order valence-corrected chi connectivity index (χ0v) is 11.3. The van der Waals surface area contributed by atoms with Crippen molar-refractivity contribution in [2.24, 2.45) is 0 Å². The second-order valence-electron chi connectivity index (χ2n) is 5.32. The van der Waals surface area contributed by atoms with E-state index >= 15 is 0 Å². The summed E-state index contributed by atoms with van der Waals surface area (Å²) in [5.74, 6) is 0. The Balaban J connectivity index is 2.02. The number of nitrogens with one attached hydrogen (secondary N) is 1. The Morgan fingerprint density at radius 3 is 2.62 bits per heavy atom. The summed E-state index contributed by atoms with van der Waals surface area (Å²) in [5.41, 5.74) is 0. The molecular weight excluding hydrogens is 198 g/mol. The van der Waals surface area contributed by atoms with Crippen LogP contribution in [0.2, 0.25) is 0 Å². The van der Waals surface area contributed by atoms with Gasteiger partial charge in [-0.05, 0) is 46.0 Å². The van der Waals surface area contributed by atoms with Crippen molar-refractivity contribution in [2.75, 3.05) is 6.61 Å². The van der Waals surface area contributed by atoms with E-state index in [1.807, 2.05) is 0 Å². The largest absolute Gasteiger partial charge is 0.378 e. The van der Waals surface area contributed by atoms with Gasteiger partial charge in [-0.1, -0.05) is 19.8 Å². The van der Waals surface area contributed by atoms with Gasteiger partial charge in [0.15, 0.2) is 0 Å². The molecule has 1 rings (SSSR count). The van der Waals surface area contributed by atoms with Crippen LogP contribution in [0.3, 0.4) is 0 Å². The molecule has 2 nitrogen and oxygen atoms in total. The summed E-state index contributed by atoms with van der Waals surface area (Å²) < 4.78 is 5.65. The van der Waals surface area contributed by atoms with E-state index in [9.17, 15) is 0 Å². The molecule has 3 atom stereocenters. The Morgan fingerprint density at radius 1 is 1.25 bits per heavy atom. The predicted molar refractivity (Wildman–Crippen MR) is 69.8 cm³/mol. The number of ether oxygens (including phenoxy) is 1. The Kier molecular flexibility index (Phi) is 7.06. The molecule has 1 N–H and O–H groups in total. The van der Waals surface area contributed by atoms with Crippen molar-refractivity contribution >= 4 is 0 Å². The van der Waals surface area contributed by atoms with Crippen molar-refractivity contribution in [2.45, 2.75) is 83.9 Å². The minimum Gasteiger partial charge on any atom is -0.378 e. The van der Waals surface area contributed by atoms with E-state index in [2.05, 4.69) is 26.1 Å². The number of rotatable bonds is 8. The van der Waals surface area contributed by atoms with E-state index in [1.165, 1.54) is 44.9 Å². The van der Waals surface area contributed by atoms with Crippen molar-refractivity contribution < 1.29 is 4.74 Å². The smallest absolute Gasteiger partial charge is 0.0576 e. The van der Waals surface area contributed by atoms with Gasteiger partial charge in [0.05, 0.1) is 6.10 Å². The summed E-state index contributed by atoms with van der Waals surface area (Å²) in [7, 11) is 0. The summed E-state index contributed by atoms with van der Waals surface area (Å²) in [6.45, 7) is 7.85. The fraction of sp³-hybridized carbons (Fsp3) is 1.00. The van der Waals surface area contributed by atoms with Crippen LogP contribution < -0.4 is 5.32 Å². The van der Waals surface area contributed by atoms with E-state index in [0.717, 1.165) is 6.61 Å². The predicted octanol–water partition coefficient (Wildman–Crippen LogP) is 3.50. The van der Waals surface area contributed by atoms with Crippen LogP contribution in [0.4, 0.5) is 0 Å². The van der Waals surface area contributed by atoms with Crippen LogP contribution in [-0.2, 0) is 4.74 Å². The highest BCUT2D eigenvalue weighted by Crippen LogP contribution is 2.17. The number of hydrogen-bond donors (Lipinski definition) is 1. The molecule has 1 saturated heterocycles. The lowest BCUT2D eigenvalue weighted by molar-refractivity contribution is 0.0997. The van der Waals surface area contributed by atoms with Crippen molar-refractivity contribution in [3.8, 4) is 0 Å². The Hall–Kier alpha value is -0.0800. The van der Waals surface area contributed by atoms with Gasteiger partial charge in [0.25, 0.3) is 0 Å². The average molecular weight is 227 g/mol. The standard InChI is InChI=1S/C14H29NO/c1-4-5-7-12(2)15-13(3)9-10-14-8-6-11-16-14/h12-15H,4-11H2,1-3H3. The zero-order valence-electron chi connectivity index (χ0n) is 11.3. The van der Waals surface area contributed by atoms with Crippen molar-refractivity contribution in [1.29, 1.82) is 0 Å². The summed E-state index contributed by atoms with van der Waals surface area (Å²) >= 11 is 0. The lowest BCUT2D eigenvalue weighted by atomic mass is 10.1. The first-order valence-corrected chi connectivity index (χ1v) is 7.10. The van der Waals surface area contributed by atoms with Crippen LogP contribution in [0, 0.1) is 0 Å². The molecule has 3 unspecified atom stereocenters. The lowest BCUT2D eigenvalue weighted by Crippen LogP contribution is -2.34. The highest BCUT2D eigenvalue weighted by Gasteiger charge is 2.16. The van der Waals surface area contributed by atoms with E-state index in [1.54, 1.807) is 0 Å². The van der Waals surface area contributed by atoms with E-state index in [0.29, 0.717) is 18.2 Å². The molecule has 0 amide bonds. The molecule has 0 bridgehead atoms. The van der Waals surface area contributed by atoms with Crippen LogP contribution in [0.1, 0.15) is 65.7 Å². The molecule has 0 aliphatic carbocycles. The molecule has 0 radical (unpaired) electrons. The maximum atomic E-state index is 5.65. The topological polar surface area (TPSA) is 21.3 Å². The van der Waals surface area contributed by atoms with Crippen LogP contribution >= 0.6 is 0 Å². The number of unbranched alkanes of at least 4 members (excludes halogenated alkanes) is 1. The average Bonchev–Trinajstić information content (AvgIpc) is 2.76. The Bertz CT molecular complexity index is 166. The SMILES string of the molecule is CCCCC(C)NC(C)CCC1CCCO1. The van der Waals surface area contributed by atoms with Gasteiger partial charge in [-0.3, -0.25) is 0 Å². The fourth-order valence-electron chi connectivity index (χ4n) is 2.47. The summed E-state index contributed by atoms with van der Waals surface area (Å²) in [6, 6.07) is 1.30. The zero-order chi connectivity index (χ0) is 11.8. The van der Waals surface area contributed by atoms with E-state index in [4.69, 9.17) is 4.74 Å². The van der Waals surface area contributed by atoms with Gasteiger partial charge in [0, 0.05) is 18.7 Å². The molecule has 0 spiro atoms. The maximum absolute atomic E-state index is 5.65. The second-order valence-corrected chi connectivity index (χ2v) is 5.32.